The van der Waals surface area contributed by atoms with Gasteiger partial charge < -0.3 is 33.8 Å². The highest BCUT2D eigenvalue weighted by Gasteiger charge is 2.30. The van der Waals surface area contributed by atoms with Crippen LogP contribution >= 0.6 is 15.6 Å². The second-order valence-electron chi connectivity index (χ2n) is 27.7. The second kappa shape index (κ2) is 75.7. The summed E-state index contributed by atoms with van der Waals surface area (Å²) in [6.45, 7) is 4.83. The normalized spacial score (nSPS) is 14.2. The third kappa shape index (κ3) is 74.8. The van der Waals surface area contributed by atoms with Gasteiger partial charge in [-0.1, -0.05) is 306 Å². The summed E-state index contributed by atoms with van der Waals surface area (Å²) in [6, 6.07) is 0. The molecule has 2 unspecified atom stereocenters. The molecule has 0 fully saturated rings. The number of rotatable bonds is 78. The number of esters is 4. The molecular weight excluding hydrogens is 1330 g/mol. The molecule has 102 heavy (non-hydrogen) atoms. The predicted molar refractivity (Wildman–Crippen MR) is 418 cm³/mol. The maximum atomic E-state index is 13.1. The fourth-order valence-electron chi connectivity index (χ4n) is 11.3. The number of carbonyl (C=O) groups excluding carboxylic acids is 4. The van der Waals surface area contributed by atoms with Crippen LogP contribution in [-0.2, 0) is 65.4 Å². The number of hydrogen-bond donors (Lipinski definition) is 3. The Bertz CT molecular complexity index is 2210. The van der Waals surface area contributed by atoms with E-state index < -0.39 is 97.5 Å². The Hall–Kier alpha value is -3.50. The van der Waals surface area contributed by atoms with Crippen molar-refractivity contribution in [1.29, 1.82) is 0 Å². The molecule has 0 aliphatic heterocycles. The van der Waals surface area contributed by atoms with Crippen molar-refractivity contribution in [3.8, 4) is 0 Å². The minimum absolute atomic E-state index is 0.0212. The number of phosphoric acid groups is 2. The van der Waals surface area contributed by atoms with Gasteiger partial charge in [0.05, 0.1) is 26.4 Å². The van der Waals surface area contributed by atoms with E-state index in [1.807, 2.05) is 12.2 Å². The number of ether oxygens (including phenoxy) is 4. The molecule has 0 aromatic rings. The van der Waals surface area contributed by atoms with Crippen LogP contribution < -0.4 is 0 Å². The van der Waals surface area contributed by atoms with E-state index in [0.29, 0.717) is 32.1 Å². The number of aliphatic hydroxyl groups is 1. The maximum Gasteiger partial charge on any atom is 0.472 e. The average molecular weight is 1480 g/mol. The van der Waals surface area contributed by atoms with E-state index in [-0.39, 0.29) is 25.7 Å². The average Bonchev–Trinajstić information content (AvgIpc) is 0.917. The SMILES string of the molecule is CCCCC/C=C\C/C=C\C/C=C\C/C=C\CCCC(=O)O[C@H](COC(=O)CCCCCCCCC/C=C\CCCCCC)COP(=O)(O)OC[C@@H](O)COP(=O)(O)OC[C@@H](COC(=O)CCCCCCCCCCCCCCCCC)OC(=O)CCCCCCCCC/C=C\CCCCCC. The summed E-state index contributed by atoms with van der Waals surface area (Å²) in [5.74, 6) is -2.22. The van der Waals surface area contributed by atoms with Crippen LogP contribution in [0, 0.1) is 0 Å². The van der Waals surface area contributed by atoms with Crippen molar-refractivity contribution in [2.45, 2.75) is 393 Å². The molecule has 0 saturated heterocycles. The Balaban J connectivity index is 5.38. The summed E-state index contributed by atoms with van der Waals surface area (Å²) in [5, 5.41) is 10.6. The molecule has 0 aromatic carbocycles. The standard InChI is InChI=1S/C83H150O17P2/c1-5-9-13-17-21-25-29-33-37-38-42-46-50-54-58-62-66-70-83(88)100-79(74-94-81(86)68-64-60-56-52-48-44-40-35-31-27-23-19-15-11-7-3)76-98-102(91,92)96-72-77(84)71-95-101(89,90)97-75-78(99-82(87)69-65-61-57-53-49-45-41-36-32-28-24-20-16-12-8-4)73-93-80(85)67-63-59-55-51-47-43-39-34-30-26-22-18-14-10-6-2/h21,25,27-28,31-33,37,42,46,54,58,77-79,84H,5-20,22-24,26,29-30,34-36,38-41,43-45,47-53,55-57,59-76H2,1-4H3,(H,89,90)(H,91,92)/b25-21-,31-27-,32-28-,37-33-,46-42-,58-54-/t77-,78+,79+/m0/s1. The molecule has 0 aromatic heterocycles. The van der Waals surface area contributed by atoms with Crippen molar-refractivity contribution in [2.75, 3.05) is 39.6 Å². The number of phosphoric ester groups is 2. The van der Waals surface area contributed by atoms with Crippen LogP contribution in [0.1, 0.15) is 374 Å². The van der Waals surface area contributed by atoms with E-state index in [2.05, 4.69) is 88.5 Å². The van der Waals surface area contributed by atoms with Gasteiger partial charge in [-0.3, -0.25) is 37.3 Å². The lowest BCUT2D eigenvalue weighted by Crippen LogP contribution is -2.30. The summed E-state index contributed by atoms with van der Waals surface area (Å²) in [6.07, 6.45) is 77.3. The van der Waals surface area contributed by atoms with E-state index in [1.54, 1.807) is 0 Å². The van der Waals surface area contributed by atoms with Gasteiger partial charge >= 0.3 is 39.5 Å². The maximum absolute atomic E-state index is 13.1. The van der Waals surface area contributed by atoms with Crippen molar-refractivity contribution in [3.05, 3.63) is 72.9 Å². The van der Waals surface area contributed by atoms with Crippen LogP contribution in [0.5, 0.6) is 0 Å². The minimum atomic E-state index is -4.99. The third-order valence-corrected chi connectivity index (χ3v) is 19.5. The van der Waals surface area contributed by atoms with E-state index >= 15 is 0 Å². The van der Waals surface area contributed by atoms with E-state index in [1.165, 1.54) is 154 Å². The van der Waals surface area contributed by atoms with Gasteiger partial charge in [-0.2, -0.15) is 0 Å². The first kappa shape index (κ1) is 98.5. The number of carbonyl (C=O) groups is 4. The topological polar surface area (TPSA) is 237 Å². The van der Waals surface area contributed by atoms with Gasteiger partial charge in [-0.25, -0.2) is 9.13 Å². The fourth-order valence-corrected chi connectivity index (χ4v) is 12.9. The fraction of sp³-hybridized carbons (Fsp3) is 0.807. The molecule has 594 valence electrons. The molecular formula is C83H150O17P2. The zero-order chi connectivity index (χ0) is 74.6. The van der Waals surface area contributed by atoms with Gasteiger partial charge in [0.15, 0.2) is 12.2 Å². The zero-order valence-electron chi connectivity index (χ0n) is 65.0. The quantitative estimate of drug-likeness (QED) is 0.0169. The van der Waals surface area contributed by atoms with Gasteiger partial charge in [-0.15, -0.1) is 0 Å². The highest BCUT2D eigenvalue weighted by molar-refractivity contribution is 7.47. The summed E-state index contributed by atoms with van der Waals surface area (Å²) in [7, 11) is -9.96. The van der Waals surface area contributed by atoms with Gasteiger partial charge in [0, 0.05) is 25.7 Å². The van der Waals surface area contributed by atoms with Crippen LogP contribution in [0.25, 0.3) is 0 Å². The molecule has 0 aliphatic carbocycles. The first-order chi connectivity index (χ1) is 49.7. The molecule has 0 aliphatic rings. The highest BCUT2D eigenvalue weighted by atomic mass is 31.2. The largest absolute Gasteiger partial charge is 0.472 e. The molecule has 0 spiro atoms. The molecule has 17 nitrogen and oxygen atoms in total. The molecule has 0 rings (SSSR count). The number of unbranched alkanes of at least 4 members (excludes halogenated alkanes) is 40. The first-order valence-corrected chi connectivity index (χ1v) is 44.2. The van der Waals surface area contributed by atoms with Gasteiger partial charge in [0.25, 0.3) is 0 Å². The summed E-state index contributed by atoms with van der Waals surface area (Å²) < 4.78 is 68.6. The van der Waals surface area contributed by atoms with Crippen LogP contribution in [0.4, 0.5) is 0 Å². The number of allylic oxidation sites excluding steroid dienone is 12. The molecule has 0 saturated carbocycles. The zero-order valence-corrected chi connectivity index (χ0v) is 66.8. The molecule has 19 heteroatoms. The molecule has 0 amide bonds. The monoisotopic (exact) mass is 1480 g/mol. The van der Waals surface area contributed by atoms with Crippen LogP contribution in [0.15, 0.2) is 72.9 Å². The minimum Gasteiger partial charge on any atom is -0.462 e. The van der Waals surface area contributed by atoms with Gasteiger partial charge in [0.1, 0.15) is 19.3 Å². The number of aliphatic hydroxyl groups excluding tert-OH is 1. The van der Waals surface area contributed by atoms with Crippen molar-refractivity contribution in [2.24, 2.45) is 0 Å². The summed E-state index contributed by atoms with van der Waals surface area (Å²) in [4.78, 5) is 73.0. The van der Waals surface area contributed by atoms with Gasteiger partial charge in [0.2, 0.25) is 0 Å². The number of hydrogen-bond acceptors (Lipinski definition) is 15. The van der Waals surface area contributed by atoms with Crippen LogP contribution in [-0.4, -0.2) is 96.7 Å². The van der Waals surface area contributed by atoms with Crippen LogP contribution in [0.3, 0.4) is 0 Å². The molecule has 0 radical (unpaired) electrons. The Kier molecular flexibility index (Phi) is 73.1. The van der Waals surface area contributed by atoms with E-state index in [0.717, 1.165) is 135 Å². The molecule has 0 bridgehead atoms. The lowest BCUT2D eigenvalue weighted by atomic mass is 10.0. The summed E-state index contributed by atoms with van der Waals surface area (Å²) >= 11 is 0. The van der Waals surface area contributed by atoms with E-state index in [4.69, 9.17) is 37.0 Å². The van der Waals surface area contributed by atoms with E-state index in [9.17, 15) is 43.2 Å². The first-order valence-electron chi connectivity index (χ1n) is 41.2. The second-order valence-corrected chi connectivity index (χ2v) is 30.6. The Morgan fingerprint density at radius 3 is 0.814 bits per heavy atom. The van der Waals surface area contributed by atoms with Crippen molar-refractivity contribution in [3.63, 3.8) is 0 Å². The Morgan fingerprint density at radius 1 is 0.275 bits per heavy atom. The highest BCUT2D eigenvalue weighted by Crippen LogP contribution is 2.45. The van der Waals surface area contributed by atoms with Gasteiger partial charge in [-0.05, 0) is 116 Å². The molecule has 3 N–H and O–H groups in total. The molecule has 0 heterocycles. The predicted octanol–water partition coefficient (Wildman–Crippen LogP) is 24.0. The Labute approximate surface area is 622 Å². The Morgan fingerprint density at radius 2 is 0.490 bits per heavy atom. The van der Waals surface area contributed by atoms with Crippen molar-refractivity contribution in [1.82, 2.24) is 0 Å². The summed E-state index contributed by atoms with van der Waals surface area (Å²) in [5.41, 5.74) is 0. The lowest BCUT2D eigenvalue weighted by molar-refractivity contribution is -0.161. The lowest BCUT2D eigenvalue weighted by Gasteiger charge is -2.21. The molecule has 5 atom stereocenters. The third-order valence-electron chi connectivity index (χ3n) is 17.6. The van der Waals surface area contributed by atoms with Crippen LogP contribution in [0.2, 0.25) is 0 Å². The van der Waals surface area contributed by atoms with Crippen molar-refractivity contribution >= 4 is 39.5 Å². The smallest absolute Gasteiger partial charge is 0.462 e. The van der Waals surface area contributed by atoms with Crippen molar-refractivity contribution < 1.29 is 80.2 Å².